The molecule has 6 nitrogen and oxygen atoms in total. The zero-order valence-corrected chi connectivity index (χ0v) is 17.9. The second-order valence-electron chi connectivity index (χ2n) is 7.36. The summed E-state index contributed by atoms with van der Waals surface area (Å²) >= 11 is 0. The molecule has 3 aromatic rings. The zero-order valence-electron chi connectivity index (χ0n) is 17.9. The van der Waals surface area contributed by atoms with Gasteiger partial charge in [0.15, 0.2) is 11.6 Å². The summed E-state index contributed by atoms with van der Waals surface area (Å²) in [7, 11) is 1.75. The third-order valence-electron chi connectivity index (χ3n) is 5.06. The molecule has 1 aliphatic carbocycles. The van der Waals surface area contributed by atoms with Crippen LogP contribution in [0.5, 0.6) is 0 Å². The van der Waals surface area contributed by atoms with Crippen molar-refractivity contribution < 1.29 is 4.39 Å². The van der Waals surface area contributed by atoms with E-state index in [2.05, 4.69) is 25.6 Å². The van der Waals surface area contributed by atoms with Gasteiger partial charge in [-0.1, -0.05) is 30.3 Å². The molecule has 160 valence electrons. The molecule has 0 amide bonds. The molecule has 3 N–H and O–H groups in total. The Hall–Kier alpha value is -4.13. The SMILES string of the molecule is CN/C=C1/C=C(c2ncnc(NCc3ccc(-c4ccnc(C)c4)cc3)c2F)C=CC1=N. The Labute approximate surface area is 186 Å². The topological polar surface area (TPSA) is 86.6 Å². The number of aromatic nitrogens is 3. The van der Waals surface area contributed by atoms with Crippen molar-refractivity contribution in [3.63, 3.8) is 0 Å². The summed E-state index contributed by atoms with van der Waals surface area (Å²) in [6.07, 6.45) is 9.87. The van der Waals surface area contributed by atoms with Crippen molar-refractivity contribution in [1.82, 2.24) is 20.3 Å². The highest BCUT2D eigenvalue weighted by molar-refractivity contribution is 6.12. The normalized spacial score (nSPS) is 14.4. The molecule has 0 saturated carbocycles. The van der Waals surface area contributed by atoms with E-state index in [1.807, 2.05) is 43.3 Å². The van der Waals surface area contributed by atoms with E-state index in [1.54, 1.807) is 37.7 Å². The van der Waals surface area contributed by atoms with Crippen LogP contribution in [0.2, 0.25) is 0 Å². The van der Waals surface area contributed by atoms with Crippen LogP contribution < -0.4 is 10.6 Å². The second kappa shape index (κ2) is 9.34. The van der Waals surface area contributed by atoms with Crippen LogP contribution in [0.3, 0.4) is 0 Å². The van der Waals surface area contributed by atoms with Gasteiger partial charge in [0.1, 0.15) is 12.0 Å². The molecule has 0 radical (unpaired) electrons. The summed E-state index contributed by atoms with van der Waals surface area (Å²) in [5, 5.41) is 13.9. The van der Waals surface area contributed by atoms with Gasteiger partial charge in [-0.2, -0.15) is 0 Å². The van der Waals surface area contributed by atoms with E-state index in [1.165, 1.54) is 6.33 Å². The molecule has 0 bridgehead atoms. The number of hydrogen-bond donors (Lipinski definition) is 3. The molecule has 0 unspecified atom stereocenters. The van der Waals surface area contributed by atoms with Gasteiger partial charge in [0.05, 0.1) is 5.71 Å². The van der Waals surface area contributed by atoms with Gasteiger partial charge in [-0.25, -0.2) is 14.4 Å². The lowest BCUT2D eigenvalue weighted by Crippen LogP contribution is -2.09. The highest BCUT2D eigenvalue weighted by Crippen LogP contribution is 2.26. The number of rotatable bonds is 6. The van der Waals surface area contributed by atoms with Crippen LogP contribution in [-0.2, 0) is 6.54 Å². The van der Waals surface area contributed by atoms with E-state index in [9.17, 15) is 0 Å². The number of aryl methyl sites for hydroxylation is 1. The van der Waals surface area contributed by atoms with Crippen LogP contribution in [0.4, 0.5) is 10.2 Å². The van der Waals surface area contributed by atoms with Crippen molar-refractivity contribution in [2.45, 2.75) is 13.5 Å². The molecule has 2 heterocycles. The van der Waals surface area contributed by atoms with Gasteiger partial charge in [0.2, 0.25) is 0 Å². The van der Waals surface area contributed by atoms with Crippen molar-refractivity contribution in [2.75, 3.05) is 12.4 Å². The largest absolute Gasteiger partial charge is 0.393 e. The molecule has 0 saturated heterocycles. The number of allylic oxidation sites excluding steroid dienone is 5. The van der Waals surface area contributed by atoms with Gasteiger partial charge in [-0.05, 0) is 47.9 Å². The first-order chi connectivity index (χ1) is 15.5. The van der Waals surface area contributed by atoms with Crippen molar-refractivity contribution in [1.29, 1.82) is 5.41 Å². The Balaban J connectivity index is 1.50. The van der Waals surface area contributed by atoms with Gasteiger partial charge in [-0.15, -0.1) is 0 Å². The molecule has 32 heavy (non-hydrogen) atoms. The maximum absolute atomic E-state index is 15.1. The number of anilines is 1. The number of benzene rings is 1. The molecule has 1 aromatic carbocycles. The number of nitrogens with one attached hydrogen (secondary N) is 3. The number of halogens is 1. The van der Waals surface area contributed by atoms with Crippen LogP contribution >= 0.6 is 0 Å². The smallest absolute Gasteiger partial charge is 0.191 e. The Morgan fingerprint density at radius 1 is 1.03 bits per heavy atom. The average Bonchev–Trinajstić information content (AvgIpc) is 2.80. The summed E-state index contributed by atoms with van der Waals surface area (Å²) in [5.74, 6) is -0.387. The first-order valence-corrected chi connectivity index (χ1v) is 10.2. The fourth-order valence-corrected chi connectivity index (χ4v) is 3.41. The zero-order chi connectivity index (χ0) is 22.5. The Morgan fingerprint density at radius 3 is 2.59 bits per heavy atom. The maximum Gasteiger partial charge on any atom is 0.191 e. The first-order valence-electron chi connectivity index (χ1n) is 10.2. The Kier molecular flexibility index (Phi) is 6.17. The van der Waals surface area contributed by atoms with Crippen LogP contribution in [-0.4, -0.2) is 27.7 Å². The van der Waals surface area contributed by atoms with Crippen molar-refractivity contribution in [2.24, 2.45) is 0 Å². The van der Waals surface area contributed by atoms with E-state index < -0.39 is 5.82 Å². The molecule has 2 aromatic heterocycles. The van der Waals surface area contributed by atoms with Crippen LogP contribution in [0.25, 0.3) is 16.7 Å². The molecule has 0 atom stereocenters. The quantitative estimate of drug-likeness (QED) is 0.533. The van der Waals surface area contributed by atoms with E-state index in [-0.39, 0.29) is 11.5 Å². The molecule has 0 spiro atoms. The third-order valence-corrected chi connectivity index (χ3v) is 5.06. The average molecular weight is 426 g/mol. The molecule has 4 rings (SSSR count). The van der Waals surface area contributed by atoms with Crippen LogP contribution in [0.1, 0.15) is 17.0 Å². The molecule has 0 fully saturated rings. The van der Waals surface area contributed by atoms with Gasteiger partial charge in [-0.3, -0.25) is 4.98 Å². The fourth-order valence-electron chi connectivity index (χ4n) is 3.41. The first kappa shape index (κ1) is 21.1. The Bertz CT molecular complexity index is 1240. The van der Waals surface area contributed by atoms with Gasteiger partial charge < -0.3 is 16.0 Å². The van der Waals surface area contributed by atoms with Crippen molar-refractivity contribution >= 4 is 17.1 Å². The molecule has 0 aliphatic heterocycles. The fraction of sp³-hybridized carbons (Fsp3) is 0.120. The molecule has 1 aliphatic rings. The molecular weight excluding hydrogens is 403 g/mol. The van der Waals surface area contributed by atoms with E-state index >= 15 is 4.39 Å². The lowest BCUT2D eigenvalue weighted by molar-refractivity contribution is 0.612. The molecular formula is C25H23FN6. The van der Waals surface area contributed by atoms with Gasteiger partial charge >= 0.3 is 0 Å². The lowest BCUT2D eigenvalue weighted by Gasteiger charge is -2.13. The van der Waals surface area contributed by atoms with Crippen molar-refractivity contribution in [3.05, 3.63) is 102 Å². The summed E-state index contributed by atoms with van der Waals surface area (Å²) in [4.78, 5) is 12.4. The molecule has 7 heteroatoms. The minimum Gasteiger partial charge on any atom is -0.393 e. The summed E-state index contributed by atoms with van der Waals surface area (Å²) in [6, 6.07) is 12.1. The number of nitrogens with zero attached hydrogens (tertiary/aromatic N) is 3. The Morgan fingerprint density at radius 2 is 1.84 bits per heavy atom. The second-order valence-corrected chi connectivity index (χ2v) is 7.36. The number of pyridine rings is 1. The van der Waals surface area contributed by atoms with E-state index in [0.29, 0.717) is 23.4 Å². The van der Waals surface area contributed by atoms with Gasteiger partial charge in [0, 0.05) is 42.8 Å². The highest BCUT2D eigenvalue weighted by atomic mass is 19.1. The van der Waals surface area contributed by atoms with Crippen LogP contribution in [0, 0.1) is 18.2 Å². The number of hydrogen-bond acceptors (Lipinski definition) is 6. The maximum atomic E-state index is 15.1. The monoisotopic (exact) mass is 426 g/mol. The van der Waals surface area contributed by atoms with E-state index in [4.69, 9.17) is 5.41 Å². The highest BCUT2D eigenvalue weighted by Gasteiger charge is 2.17. The van der Waals surface area contributed by atoms with Crippen molar-refractivity contribution in [3.8, 4) is 11.1 Å². The van der Waals surface area contributed by atoms with E-state index in [0.717, 1.165) is 22.4 Å². The summed E-state index contributed by atoms with van der Waals surface area (Å²) in [6.45, 7) is 2.39. The predicted octanol–water partition coefficient (Wildman–Crippen LogP) is 4.67. The standard InChI is InChI=1S/C25H23FN6/c1-16-11-19(9-10-29-16)18-5-3-17(4-6-18)13-30-25-23(26)24(31-15-32-25)20-7-8-22(27)21(12-20)14-28-2/h3-12,14-15,27-28H,13H2,1-2H3,(H,30,31,32)/b21-14-,27-22?. The summed E-state index contributed by atoms with van der Waals surface area (Å²) < 4.78 is 15.1. The lowest BCUT2D eigenvalue weighted by atomic mass is 9.98. The predicted molar refractivity (Wildman–Crippen MR) is 126 cm³/mol. The minimum atomic E-state index is -0.524. The van der Waals surface area contributed by atoms with Crippen LogP contribution in [0.15, 0.2) is 78.9 Å². The summed E-state index contributed by atoms with van der Waals surface area (Å²) in [5.41, 5.74) is 5.96. The third kappa shape index (κ3) is 4.62. The van der Waals surface area contributed by atoms with Gasteiger partial charge in [0.25, 0.3) is 0 Å². The minimum absolute atomic E-state index is 0.137.